The molecule has 0 unspecified atom stereocenters. The monoisotopic (exact) mass is 396 g/mol. The van der Waals surface area contributed by atoms with Crippen molar-refractivity contribution in [3.63, 3.8) is 0 Å². The molecule has 0 amide bonds. The summed E-state index contributed by atoms with van der Waals surface area (Å²) >= 11 is 0. The molecule has 6 heteroatoms. The molecular weight excluding hydrogens is 372 g/mol. The van der Waals surface area contributed by atoms with E-state index in [-0.39, 0.29) is 10.9 Å². The van der Waals surface area contributed by atoms with Crippen molar-refractivity contribution in [2.24, 2.45) is 0 Å². The van der Waals surface area contributed by atoms with Crippen molar-refractivity contribution in [1.82, 2.24) is 9.71 Å². The molecule has 1 N–H and O–H groups in total. The third-order valence-corrected chi connectivity index (χ3v) is 6.69. The molecule has 1 aliphatic carbocycles. The lowest BCUT2D eigenvalue weighted by atomic mass is 10.1. The number of aromatic nitrogens is 1. The third-order valence-electron chi connectivity index (χ3n) is 5.15. The van der Waals surface area contributed by atoms with Crippen LogP contribution in [0.1, 0.15) is 38.5 Å². The van der Waals surface area contributed by atoms with Crippen LogP contribution < -0.4 is 4.72 Å². The fraction of sp³-hybridized carbons (Fsp3) is 0.318. The maximum Gasteiger partial charge on any atom is 0.240 e. The van der Waals surface area contributed by atoms with Crippen LogP contribution in [0.15, 0.2) is 70.1 Å². The number of nitrogens with zero attached hydrogens (tertiary/aromatic N) is 1. The molecule has 0 bridgehead atoms. The van der Waals surface area contributed by atoms with Crippen LogP contribution in [-0.2, 0) is 10.0 Å². The number of oxazole rings is 1. The summed E-state index contributed by atoms with van der Waals surface area (Å²) in [4.78, 5) is 4.60. The SMILES string of the molecule is O=S(=O)(NC1CCCCCC1)c1ccc(-c2ncc(-c3ccccc3)o2)cc1. The summed E-state index contributed by atoms with van der Waals surface area (Å²) in [5, 5.41) is 0. The summed E-state index contributed by atoms with van der Waals surface area (Å²) in [5.41, 5.74) is 1.70. The van der Waals surface area contributed by atoms with E-state index in [1.165, 1.54) is 12.8 Å². The van der Waals surface area contributed by atoms with Crippen LogP contribution in [0.3, 0.4) is 0 Å². The van der Waals surface area contributed by atoms with Crippen molar-refractivity contribution in [3.05, 3.63) is 60.8 Å². The Morgan fingerprint density at radius 2 is 1.54 bits per heavy atom. The van der Waals surface area contributed by atoms with E-state index >= 15 is 0 Å². The summed E-state index contributed by atoms with van der Waals surface area (Å²) in [6, 6.07) is 16.5. The third kappa shape index (κ3) is 4.34. The standard InChI is InChI=1S/C22H24N2O3S/c25-28(26,24-19-10-6-1-2-7-11-19)20-14-12-18(13-15-20)22-23-16-21(27-22)17-8-4-3-5-9-17/h3-5,8-9,12-16,19,24H,1-2,6-7,10-11H2. The van der Waals surface area contributed by atoms with E-state index in [4.69, 9.17) is 4.42 Å². The zero-order valence-corrected chi connectivity index (χ0v) is 16.5. The molecule has 1 aliphatic rings. The number of sulfonamides is 1. The molecule has 28 heavy (non-hydrogen) atoms. The number of rotatable bonds is 5. The summed E-state index contributed by atoms with van der Waals surface area (Å²) in [6.07, 6.45) is 8.05. The highest BCUT2D eigenvalue weighted by atomic mass is 32.2. The van der Waals surface area contributed by atoms with Gasteiger partial charge in [-0.1, -0.05) is 56.0 Å². The van der Waals surface area contributed by atoms with Gasteiger partial charge in [0.25, 0.3) is 0 Å². The van der Waals surface area contributed by atoms with E-state index in [0.717, 1.165) is 36.8 Å². The molecule has 2 aromatic carbocycles. The molecule has 1 heterocycles. The lowest BCUT2D eigenvalue weighted by Crippen LogP contribution is -2.34. The summed E-state index contributed by atoms with van der Waals surface area (Å²) in [6.45, 7) is 0. The van der Waals surface area contributed by atoms with Crippen molar-refractivity contribution in [2.45, 2.75) is 49.5 Å². The highest BCUT2D eigenvalue weighted by molar-refractivity contribution is 7.89. The number of nitrogens with one attached hydrogen (secondary N) is 1. The van der Waals surface area contributed by atoms with Gasteiger partial charge in [-0.25, -0.2) is 18.1 Å². The van der Waals surface area contributed by atoms with Gasteiger partial charge in [0.05, 0.1) is 11.1 Å². The van der Waals surface area contributed by atoms with E-state index in [0.29, 0.717) is 11.7 Å². The summed E-state index contributed by atoms with van der Waals surface area (Å²) in [7, 11) is -3.51. The van der Waals surface area contributed by atoms with E-state index < -0.39 is 10.0 Å². The molecule has 1 fully saturated rings. The molecule has 0 saturated heterocycles. The van der Waals surface area contributed by atoms with Crippen LogP contribution in [0.5, 0.6) is 0 Å². The van der Waals surface area contributed by atoms with Gasteiger partial charge >= 0.3 is 0 Å². The van der Waals surface area contributed by atoms with Gasteiger partial charge in [-0.2, -0.15) is 0 Å². The first-order chi connectivity index (χ1) is 13.6. The Hall–Kier alpha value is -2.44. The second kappa shape index (κ2) is 8.29. The Balaban J connectivity index is 1.50. The maximum absolute atomic E-state index is 12.7. The quantitative estimate of drug-likeness (QED) is 0.615. The van der Waals surface area contributed by atoms with Crippen LogP contribution in [0.2, 0.25) is 0 Å². The number of hydrogen-bond acceptors (Lipinski definition) is 4. The average Bonchev–Trinajstić information content (AvgIpc) is 3.08. The van der Waals surface area contributed by atoms with Crippen LogP contribution in [0.4, 0.5) is 0 Å². The topological polar surface area (TPSA) is 72.2 Å². The first-order valence-corrected chi connectivity index (χ1v) is 11.2. The molecule has 0 radical (unpaired) electrons. The highest BCUT2D eigenvalue weighted by Crippen LogP contribution is 2.27. The van der Waals surface area contributed by atoms with Gasteiger partial charge in [-0.3, -0.25) is 0 Å². The molecular formula is C22H24N2O3S. The van der Waals surface area contributed by atoms with E-state index in [9.17, 15) is 8.42 Å². The van der Waals surface area contributed by atoms with Gasteiger partial charge in [-0.05, 0) is 37.1 Å². The molecule has 146 valence electrons. The molecule has 1 aromatic heterocycles. The van der Waals surface area contributed by atoms with Crippen molar-refractivity contribution < 1.29 is 12.8 Å². The Morgan fingerprint density at radius 1 is 0.857 bits per heavy atom. The second-order valence-electron chi connectivity index (χ2n) is 7.23. The lowest BCUT2D eigenvalue weighted by molar-refractivity contribution is 0.510. The van der Waals surface area contributed by atoms with Crippen molar-refractivity contribution in [1.29, 1.82) is 0 Å². The van der Waals surface area contributed by atoms with Crippen molar-refractivity contribution in [2.75, 3.05) is 0 Å². The molecule has 3 aromatic rings. The average molecular weight is 397 g/mol. The Bertz CT molecular complexity index is 1000. The summed E-state index contributed by atoms with van der Waals surface area (Å²) in [5.74, 6) is 1.15. The molecule has 0 aliphatic heterocycles. The van der Waals surface area contributed by atoms with Gasteiger partial charge in [0.2, 0.25) is 15.9 Å². The van der Waals surface area contributed by atoms with Crippen LogP contribution in [0.25, 0.3) is 22.8 Å². The fourth-order valence-electron chi connectivity index (χ4n) is 3.60. The highest BCUT2D eigenvalue weighted by Gasteiger charge is 2.21. The first-order valence-electron chi connectivity index (χ1n) is 9.76. The predicted octanol–water partition coefficient (Wildman–Crippen LogP) is 5.01. The lowest BCUT2D eigenvalue weighted by Gasteiger charge is -2.16. The van der Waals surface area contributed by atoms with Crippen LogP contribution >= 0.6 is 0 Å². The normalized spacial score (nSPS) is 16.0. The van der Waals surface area contributed by atoms with Crippen LogP contribution in [0, 0.1) is 0 Å². The number of hydrogen-bond donors (Lipinski definition) is 1. The minimum Gasteiger partial charge on any atom is -0.436 e. The predicted molar refractivity (Wildman–Crippen MR) is 109 cm³/mol. The van der Waals surface area contributed by atoms with Crippen molar-refractivity contribution in [3.8, 4) is 22.8 Å². The fourth-order valence-corrected chi connectivity index (χ4v) is 4.91. The summed E-state index contributed by atoms with van der Waals surface area (Å²) < 4.78 is 34.1. The van der Waals surface area contributed by atoms with Gasteiger partial charge in [-0.15, -0.1) is 0 Å². The Kier molecular flexibility index (Phi) is 5.59. The van der Waals surface area contributed by atoms with Gasteiger partial charge in [0.15, 0.2) is 5.76 Å². The number of benzene rings is 2. The molecule has 0 atom stereocenters. The van der Waals surface area contributed by atoms with Crippen molar-refractivity contribution >= 4 is 10.0 Å². The zero-order valence-electron chi connectivity index (χ0n) is 15.7. The van der Waals surface area contributed by atoms with E-state index in [1.807, 2.05) is 30.3 Å². The Labute approximate surface area is 165 Å². The molecule has 4 rings (SSSR count). The minimum absolute atomic E-state index is 0.0346. The molecule has 0 spiro atoms. The van der Waals surface area contributed by atoms with E-state index in [2.05, 4.69) is 9.71 Å². The molecule has 1 saturated carbocycles. The van der Waals surface area contributed by atoms with Gasteiger partial charge in [0, 0.05) is 17.2 Å². The smallest absolute Gasteiger partial charge is 0.240 e. The Morgan fingerprint density at radius 3 is 2.21 bits per heavy atom. The van der Waals surface area contributed by atoms with Crippen LogP contribution in [-0.4, -0.2) is 19.4 Å². The second-order valence-corrected chi connectivity index (χ2v) is 8.94. The molecule has 5 nitrogen and oxygen atoms in total. The largest absolute Gasteiger partial charge is 0.436 e. The van der Waals surface area contributed by atoms with Gasteiger partial charge < -0.3 is 4.42 Å². The van der Waals surface area contributed by atoms with E-state index in [1.54, 1.807) is 30.5 Å². The van der Waals surface area contributed by atoms with Gasteiger partial charge in [0.1, 0.15) is 0 Å². The minimum atomic E-state index is -3.51. The zero-order chi connectivity index (χ0) is 19.4. The first kappa shape index (κ1) is 18.9. The maximum atomic E-state index is 12.7.